The van der Waals surface area contributed by atoms with Crippen molar-refractivity contribution in [3.05, 3.63) is 83.3 Å². The topological polar surface area (TPSA) is 23.5 Å². The van der Waals surface area contributed by atoms with Crippen LogP contribution in [-0.4, -0.2) is 23.6 Å². The second kappa shape index (κ2) is 6.06. The maximum atomic E-state index is 13.5. The quantitative estimate of drug-likeness (QED) is 0.925. The smallest absolute Gasteiger partial charge is 0.165 e. The zero-order valence-corrected chi connectivity index (χ0v) is 12.5. The van der Waals surface area contributed by atoms with Crippen molar-refractivity contribution in [3.8, 4) is 5.75 Å². The molecule has 2 aromatic carbocycles. The first-order valence-electron chi connectivity index (χ1n) is 7.27. The lowest BCUT2D eigenvalue weighted by atomic mass is 9.99. The van der Waals surface area contributed by atoms with Gasteiger partial charge in [0, 0.05) is 25.7 Å². The molecule has 3 heteroatoms. The van der Waals surface area contributed by atoms with Crippen molar-refractivity contribution in [2.45, 2.75) is 6.42 Å². The maximum absolute atomic E-state index is 13.5. The molecule has 0 unspecified atom stereocenters. The van der Waals surface area contributed by atoms with Gasteiger partial charge in [0.2, 0.25) is 0 Å². The van der Waals surface area contributed by atoms with Crippen LogP contribution in [0, 0.1) is 5.82 Å². The Morgan fingerprint density at radius 3 is 2.55 bits per heavy atom. The van der Waals surface area contributed by atoms with Crippen LogP contribution in [0.25, 0.3) is 5.57 Å². The molecule has 1 N–H and O–H groups in total. The summed E-state index contributed by atoms with van der Waals surface area (Å²) in [6, 6.07) is 14.8. The van der Waals surface area contributed by atoms with Crippen molar-refractivity contribution >= 4 is 5.57 Å². The summed E-state index contributed by atoms with van der Waals surface area (Å²) < 4.78 is 13.5. The first kappa shape index (κ1) is 14.4. The van der Waals surface area contributed by atoms with E-state index in [1.54, 1.807) is 6.07 Å². The summed E-state index contributed by atoms with van der Waals surface area (Å²) in [5, 5.41) is 9.28. The van der Waals surface area contributed by atoms with E-state index >= 15 is 0 Å². The SMILES string of the molecule is CN1CC(c2ccc(O)c(F)c2)=CC=C1Cc1ccccc1. The number of benzene rings is 2. The predicted octanol–water partition coefficient (Wildman–Crippen LogP) is 3.99. The maximum Gasteiger partial charge on any atom is 0.165 e. The van der Waals surface area contributed by atoms with E-state index in [9.17, 15) is 9.50 Å². The molecular formula is C19H18FNO. The zero-order valence-electron chi connectivity index (χ0n) is 12.5. The van der Waals surface area contributed by atoms with Gasteiger partial charge in [-0.25, -0.2) is 4.39 Å². The number of phenolic OH excluding ortho intramolecular Hbond substituents is 1. The molecule has 0 spiro atoms. The number of rotatable bonds is 3. The highest BCUT2D eigenvalue weighted by atomic mass is 19.1. The Morgan fingerprint density at radius 1 is 1.09 bits per heavy atom. The molecule has 1 aliphatic rings. The highest BCUT2D eigenvalue weighted by molar-refractivity contribution is 5.70. The van der Waals surface area contributed by atoms with Gasteiger partial charge < -0.3 is 10.0 Å². The van der Waals surface area contributed by atoms with Crippen LogP contribution in [-0.2, 0) is 6.42 Å². The van der Waals surface area contributed by atoms with Gasteiger partial charge in [-0.05, 0) is 34.9 Å². The van der Waals surface area contributed by atoms with Crippen molar-refractivity contribution in [1.29, 1.82) is 0 Å². The van der Waals surface area contributed by atoms with Crippen molar-refractivity contribution in [2.75, 3.05) is 13.6 Å². The summed E-state index contributed by atoms with van der Waals surface area (Å²) in [6.07, 6.45) is 4.99. The average molecular weight is 295 g/mol. The van der Waals surface area contributed by atoms with Crippen LogP contribution in [0.5, 0.6) is 5.75 Å². The first-order valence-corrected chi connectivity index (χ1v) is 7.27. The van der Waals surface area contributed by atoms with E-state index in [0.717, 1.165) is 24.1 Å². The van der Waals surface area contributed by atoms with E-state index < -0.39 is 5.82 Å². The van der Waals surface area contributed by atoms with Gasteiger partial charge in [0.1, 0.15) is 0 Å². The molecule has 2 nitrogen and oxygen atoms in total. The van der Waals surface area contributed by atoms with Gasteiger partial charge in [-0.3, -0.25) is 0 Å². The predicted molar refractivity (Wildman–Crippen MR) is 86.9 cm³/mol. The van der Waals surface area contributed by atoms with E-state index in [1.165, 1.54) is 23.4 Å². The van der Waals surface area contributed by atoms with Gasteiger partial charge in [0.05, 0.1) is 0 Å². The minimum absolute atomic E-state index is 0.311. The second-order valence-corrected chi connectivity index (χ2v) is 5.53. The number of hydrogen-bond donors (Lipinski definition) is 1. The van der Waals surface area contributed by atoms with Crippen LogP contribution >= 0.6 is 0 Å². The highest BCUT2D eigenvalue weighted by Gasteiger charge is 2.14. The fourth-order valence-corrected chi connectivity index (χ4v) is 2.63. The first-order chi connectivity index (χ1) is 10.6. The Bertz CT molecular complexity index is 734. The molecule has 0 aromatic heterocycles. The lowest BCUT2D eigenvalue weighted by molar-refractivity contribution is 0.432. The molecule has 0 fully saturated rings. The molecular weight excluding hydrogens is 277 g/mol. The summed E-state index contributed by atoms with van der Waals surface area (Å²) >= 11 is 0. The van der Waals surface area contributed by atoms with Gasteiger partial charge >= 0.3 is 0 Å². The molecule has 22 heavy (non-hydrogen) atoms. The summed E-state index contributed by atoms with van der Waals surface area (Å²) in [5.74, 6) is -0.895. The number of phenols is 1. The third kappa shape index (κ3) is 3.03. The molecule has 112 valence electrons. The van der Waals surface area contributed by atoms with Crippen LogP contribution < -0.4 is 0 Å². The third-order valence-electron chi connectivity index (χ3n) is 3.92. The van der Waals surface area contributed by atoms with Gasteiger partial charge in [-0.2, -0.15) is 0 Å². The molecule has 1 aliphatic heterocycles. The van der Waals surface area contributed by atoms with Crippen molar-refractivity contribution in [2.24, 2.45) is 0 Å². The Balaban J connectivity index is 1.83. The molecule has 3 rings (SSSR count). The summed E-state index contributed by atoms with van der Waals surface area (Å²) in [7, 11) is 2.04. The van der Waals surface area contributed by atoms with Crippen molar-refractivity contribution in [1.82, 2.24) is 4.90 Å². The van der Waals surface area contributed by atoms with Gasteiger partial charge in [-0.15, -0.1) is 0 Å². The molecule has 0 bridgehead atoms. The van der Waals surface area contributed by atoms with Crippen molar-refractivity contribution < 1.29 is 9.50 Å². The lowest BCUT2D eigenvalue weighted by Gasteiger charge is -2.27. The number of likely N-dealkylation sites (N-methyl/N-ethyl adjacent to an activating group) is 1. The number of nitrogens with zero attached hydrogens (tertiary/aromatic N) is 1. The minimum Gasteiger partial charge on any atom is -0.505 e. The molecule has 2 aromatic rings. The monoisotopic (exact) mass is 295 g/mol. The number of halogens is 1. The van der Waals surface area contributed by atoms with Crippen LogP contribution in [0.3, 0.4) is 0 Å². The average Bonchev–Trinajstić information content (AvgIpc) is 2.53. The number of aromatic hydroxyl groups is 1. The fourth-order valence-electron chi connectivity index (χ4n) is 2.63. The minimum atomic E-state index is -0.583. The van der Waals surface area contributed by atoms with Crippen LogP contribution in [0.15, 0.2) is 66.4 Å². The normalized spacial score (nSPS) is 14.5. The third-order valence-corrected chi connectivity index (χ3v) is 3.92. The Hall–Kier alpha value is -2.55. The zero-order chi connectivity index (χ0) is 15.5. The Kier molecular flexibility index (Phi) is 3.96. The van der Waals surface area contributed by atoms with Crippen LogP contribution in [0.1, 0.15) is 11.1 Å². The van der Waals surface area contributed by atoms with E-state index in [1.807, 2.05) is 31.3 Å². The molecule has 1 heterocycles. The lowest BCUT2D eigenvalue weighted by Crippen LogP contribution is -2.24. The highest BCUT2D eigenvalue weighted by Crippen LogP contribution is 2.26. The molecule has 0 saturated carbocycles. The van der Waals surface area contributed by atoms with Gasteiger partial charge in [-0.1, -0.05) is 42.5 Å². The van der Waals surface area contributed by atoms with Crippen molar-refractivity contribution in [3.63, 3.8) is 0 Å². The fraction of sp³-hybridized carbons (Fsp3) is 0.158. The van der Waals surface area contributed by atoms with Gasteiger partial charge in [0.25, 0.3) is 0 Å². The number of hydrogen-bond acceptors (Lipinski definition) is 2. The molecule has 0 aliphatic carbocycles. The Labute approximate surface area is 129 Å². The number of allylic oxidation sites excluding steroid dienone is 3. The molecule has 0 saturated heterocycles. The standard InChI is InChI=1S/C19H18FNO/c1-21-13-16(15-8-10-19(22)18(20)12-15)7-9-17(21)11-14-5-3-2-4-6-14/h2-10,12,22H,11,13H2,1H3. The van der Waals surface area contributed by atoms with E-state index in [-0.39, 0.29) is 5.75 Å². The molecule has 0 atom stereocenters. The van der Waals surface area contributed by atoms with Gasteiger partial charge in [0.15, 0.2) is 11.6 Å². The largest absolute Gasteiger partial charge is 0.505 e. The van der Waals surface area contributed by atoms with E-state index in [4.69, 9.17) is 0 Å². The van der Waals surface area contributed by atoms with Crippen LogP contribution in [0.2, 0.25) is 0 Å². The van der Waals surface area contributed by atoms with E-state index in [2.05, 4.69) is 23.1 Å². The Morgan fingerprint density at radius 2 is 1.86 bits per heavy atom. The second-order valence-electron chi connectivity index (χ2n) is 5.53. The summed E-state index contributed by atoms with van der Waals surface area (Å²) in [6.45, 7) is 0.725. The summed E-state index contributed by atoms with van der Waals surface area (Å²) in [4.78, 5) is 2.17. The molecule has 0 radical (unpaired) electrons. The van der Waals surface area contributed by atoms with Crippen LogP contribution in [0.4, 0.5) is 4.39 Å². The van der Waals surface area contributed by atoms with E-state index in [0.29, 0.717) is 0 Å². The molecule has 0 amide bonds. The summed E-state index contributed by atoms with van der Waals surface area (Å²) in [5.41, 5.74) is 4.35.